The highest BCUT2D eigenvalue weighted by Crippen LogP contribution is 2.18. The molecule has 3 N–H and O–H groups in total. The first-order chi connectivity index (χ1) is 9.62. The summed E-state index contributed by atoms with van der Waals surface area (Å²) in [5.74, 6) is -1.80. The van der Waals surface area contributed by atoms with E-state index in [0.29, 0.717) is 11.1 Å². The maximum atomic E-state index is 12.5. The van der Waals surface area contributed by atoms with E-state index in [1.807, 2.05) is 20.8 Å². The van der Waals surface area contributed by atoms with Gasteiger partial charge >= 0.3 is 5.97 Å². The normalized spacial score (nSPS) is 11.0. The second kappa shape index (κ2) is 6.39. The lowest BCUT2D eigenvalue weighted by Crippen LogP contribution is -2.46. The molecular weight excluding hydrogens is 272 g/mol. The van der Waals surface area contributed by atoms with Gasteiger partial charge in [-0.2, -0.15) is 0 Å². The molecule has 0 spiro atoms. The number of hydrogen-bond acceptors (Lipinski definition) is 3. The third-order valence-corrected chi connectivity index (χ3v) is 3.02. The van der Waals surface area contributed by atoms with Crippen LogP contribution in [-0.4, -0.2) is 39.9 Å². The minimum atomic E-state index is -0.957. The molecule has 1 aromatic carbocycles. The molecule has 0 aliphatic rings. The molecule has 0 aliphatic heterocycles. The van der Waals surface area contributed by atoms with Crippen molar-refractivity contribution in [3.05, 3.63) is 35.4 Å². The number of rotatable bonds is 5. The largest absolute Gasteiger partial charge is 0.481 e. The van der Waals surface area contributed by atoms with Crippen molar-refractivity contribution in [2.75, 3.05) is 6.54 Å². The van der Waals surface area contributed by atoms with Crippen LogP contribution in [0.15, 0.2) is 24.3 Å². The Morgan fingerprint density at radius 2 is 1.57 bits per heavy atom. The highest BCUT2D eigenvalue weighted by Gasteiger charge is 2.27. The van der Waals surface area contributed by atoms with E-state index in [9.17, 15) is 14.4 Å². The van der Waals surface area contributed by atoms with Crippen LogP contribution >= 0.6 is 0 Å². The Balaban J connectivity index is 2.99. The second-order valence-corrected chi connectivity index (χ2v) is 5.71. The van der Waals surface area contributed by atoms with Gasteiger partial charge in [0.2, 0.25) is 5.91 Å². The SMILES string of the molecule is CC(C)(C)N(CCC(=O)O)C(=O)c1ccc(C(N)=O)cc1. The maximum Gasteiger partial charge on any atom is 0.305 e. The molecule has 0 saturated heterocycles. The van der Waals surface area contributed by atoms with Crippen LogP contribution in [0.5, 0.6) is 0 Å². The van der Waals surface area contributed by atoms with Crippen molar-refractivity contribution in [2.24, 2.45) is 5.73 Å². The first kappa shape index (κ1) is 16.7. The number of carbonyl (C=O) groups is 3. The van der Waals surface area contributed by atoms with Crippen LogP contribution in [0.1, 0.15) is 47.9 Å². The summed E-state index contributed by atoms with van der Waals surface area (Å²) in [6.07, 6.45) is -0.123. The highest BCUT2D eigenvalue weighted by molar-refractivity contribution is 5.97. The second-order valence-electron chi connectivity index (χ2n) is 5.71. The predicted octanol–water partition coefficient (Wildman–Crippen LogP) is 1.50. The van der Waals surface area contributed by atoms with E-state index in [4.69, 9.17) is 10.8 Å². The Morgan fingerprint density at radius 3 is 1.95 bits per heavy atom. The quantitative estimate of drug-likeness (QED) is 0.858. The van der Waals surface area contributed by atoms with Crippen LogP contribution < -0.4 is 5.73 Å². The summed E-state index contributed by atoms with van der Waals surface area (Å²) in [5.41, 5.74) is 5.35. The number of nitrogens with two attached hydrogens (primary N) is 1. The maximum absolute atomic E-state index is 12.5. The zero-order valence-corrected chi connectivity index (χ0v) is 12.4. The van der Waals surface area contributed by atoms with Gasteiger partial charge < -0.3 is 15.7 Å². The van der Waals surface area contributed by atoms with E-state index >= 15 is 0 Å². The van der Waals surface area contributed by atoms with Crippen molar-refractivity contribution >= 4 is 17.8 Å². The summed E-state index contributed by atoms with van der Waals surface area (Å²) >= 11 is 0. The number of nitrogens with zero attached hydrogens (tertiary/aromatic N) is 1. The van der Waals surface area contributed by atoms with Gasteiger partial charge in [0.05, 0.1) is 6.42 Å². The van der Waals surface area contributed by atoms with Crippen LogP contribution in [0.25, 0.3) is 0 Å². The van der Waals surface area contributed by atoms with E-state index in [1.165, 1.54) is 29.2 Å². The molecule has 0 aromatic heterocycles. The summed E-state index contributed by atoms with van der Waals surface area (Å²) in [6, 6.07) is 5.99. The minimum Gasteiger partial charge on any atom is -0.481 e. The molecule has 0 bridgehead atoms. The summed E-state index contributed by atoms with van der Waals surface area (Å²) < 4.78 is 0. The van der Waals surface area contributed by atoms with Crippen LogP contribution in [0.2, 0.25) is 0 Å². The number of hydrogen-bond donors (Lipinski definition) is 2. The lowest BCUT2D eigenvalue weighted by Gasteiger charge is -2.35. The van der Waals surface area contributed by atoms with Gasteiger partial charge in [0, 0.05) is 23.2 Å². The first-order valence-corrected chi connectivity index (χ1v) is 6.56. The van der Waals surface area contributed by atoms with Gasteiger partial charge in [0.25, 0.3) is 5.91 Å². The van der Waals surface area contributed by atoms with Crippen molar-refractivity contribution in [3.63, 3.8) is 0 Å². The Bertz CT molecular complexity index is 544. The molecule has 1 rings (SSSR count). The van der Waals surface area contributed by atoms with Gasteiger partial charge in [-0.1, -0.05) is 0 Å². The molecule has 0 aliphatic carbocycles. The fourth-order valence-corrected chi connectivity index (χ4v) is 1.88. The van der Waals surface area contributed by atoms with Crippen molar-refractivity contribution in [3.8, 4) is 0 Å². The third-order valence-electron chi connectivity index (χ3n) is 3.02. The number of carboxylic acid groups (broad SMARTS) is 1. The Labute approximate surface area is 123 Å². The first-order valence-electron chi connectivity index (χ1n) is 6.56. The topological polar surface area (TPSA) is 101 Å². The molecule has 0 radical (unpaired) electrons. The molecule has 0 heterocycles. The number of primary amides is 1. The summed E-state index contributed by atoms with van der Waals surface area (Å²) in [4.78, 5) is 35.7. The Morgan fingerprint density at radius 1 is 1.10 bits per heavy atom. The zero-order valence-electron chi connectivity index (χ0n) is 12.4. The molecule has 114 valence electrons. The number of carboxylic acids is 1. The fourth-order valence-electron chi connectivity index (χ4n) is 1.88. The summed E-state index contributed by atoms with van der Waals surface area (Å²) in [6.45, 7) is 5.63. The molecule has 21 heavy (non-hydrogen) atoms. The zero-order chi connectivity index (χ0) is 16.2. The predicted molar refractivity (Wildman–Crippen MR) is 78.0 cm³/mol. The number of amides is 2. The highest BCUT2D eigenvalue weighted by atomic mass is 16.4. The van der Waals surface area contributed by atoms with Crippen LogP contribution in [0.4, 0.5) is 0 Å². The molecule has 0 unspecified atom stereocenters. The lowest BCUT2D eigenvalue weighted by molar-refractivity contribution is -0.137. The van der Waals surface area contributed by atoms with Gasteiger partial charge in [0.15, 0.2) is 0 Å². The van der Waals surface area contributed by atoms with Crippen molar-refractivity contribution in [2.45, 2.75) is 32.7 Å². The van der Waals surface area contributed by atoms with E-state index in [-0.39, 0.29) is 18.9 Å². The van der Waals surface area contributed by atoms with E-state index < -0.39 is 17.4 Å². The molecule has 0 saturated carbocycles. The van der Waals surface area contributed by atoms with Crippen molar-refractivity contribution in [1.29, 1.82) is 0 Å². The third kappa shape index (κ3) is 4.59. The van der Waals surface area contributed by atoms with E-state index in [1.54, 1.807) is 0 Å². The molecule has 2 amide bonds. The molecule has 6 nitrogen and oxygen atoms in total. The van der Waals surface area contributed by atoms with Gasteiger partial charge in [-0.3, -0.25) is 14.4 Å². The number of carbonyl (C=O) groups excluding carboxylic acids is 2. The Kier molecular flexibility index (Phi) is 5.07. The summed E-state index contributed by atoms with van der Waals surface area (Å²) in [7, 11) is 0. The smallest absolute Gasteiger partial charge is 0.305 e. The standard InChI is InChI=1S/C15H20N2O4/c1-15(2,3)17(9-8-12(18)19)14(21)11-6-4-10(5-7-11)13(16)20/h4-7H,8-9H2,1-3H3,(H2,16,20)(H,18,19). The van der Waals surface area contributed by atoms with Gasteiger partial charge in [-0.25, -0.2) is 0 Å². The molecule has 6 heteroatoms. The van der Waals surface area contributed by atoms with Gasteiger partial charge in [-0.05, 0) is 45.0 Å². The van der Waals surface area contributed by atoms with E-state index in [2.05, 4.69) is 0 Å². The van der Waals surface area contributed by atoms with E-state index in [0.717, 1.165) is 0 Å². The molecule has 0 atom stereocenters. The number of benzene rings is 1. The summed E-state index contributed by atoms with van der Waals surface area (Å²) in [5, 5.41) is 8.79. The molecule has 0 fully saturated rings. The van der Waals surface area contributed by atoms with Crippen molar-refractivity contribution in [1.82, 2.24) is 4.90 Å². The molecular formula is C15H20N2O4. The van der Waals surface area contributed by atoms with Crippen LogP contribution in [-0.2, 0) is 4.79 Å². The van der Waals surface area contributed by atoms with Crippen LogP contribution in [0.3, 0.4) is 0 Å². The number of aliphatic carboxylic acids is 1. The monoisotopic (exact) mass is 292 g/mol. The van der Waals surface area contributed by atoms with Crippen LogP contribution in [0, 0.1) is 0 Å². The molecule has 1 aromatic rings. The fraction of sp³-hybridized carbons (Fsp3) is 0.400. The lowest BCUT2D eigenvalue weighted by atomic mass is 10.0. The van der Waals surface area contributed by atoms with Gasteiger partial charge in [-0.15, -0.1) is 0 Å². The van der Waals surface area contributed by atoms with Crippen molar-refractivity contribution < 1.29 is 19.5 Å². The average molecular weight is 292 g/mol. The Hall–Kier alpha value is -2.37. The minimum absolute atomic E-state index is 0.120. The average Bonchev–Trinajstić information content (AvgIpc) is 2.36. The van der Waals surface area contributed by atoms with Gasteiger partial charge in [0.1, 0.15) is 0 Å².